The molecule has 0 unspecified atom stereocenters. The number of hydrazine groups is 1. The van der Waals surface area contributed by atoms with Gasteiger partial charge < -0.3 is 11.1 Å². The van der Waals surface area contributed by atoms with E-state index in [1.54, 1.807) is 0 Å². The Morgan fingerprint density at radius 1 is 1.33 bits per heavy atom. The van der Waals surface area contributed by atoms with Gasteiger partial charge in [0.05, 0.1) is 0 Å². The zero-order valence-electron chi connectivity index (χ0n) is 13.6. The first-order valence-electron chi connectivity index (χ1n) is 8.11. The lowest BCUT2D eigenvalue weighted by molar-refractivity contribution is 0.462. The fraction of sp³-hybridized carbons (Fsp3) is 0.688. The molecule has 21 heavy (non-hydrogen) atoms. The summed E-state index contributed by atoms with van der Waals surface area (Å²) in [5.74, 6) is 0.982. The maximum Gasteiger partial charge on any atom is 0.147 e. The van der Waals surface area contributed by atoms with Crippen LogP contribution in [0.25, 0.3) is 0 Å². The first-order valence-corrected chi connectivity index (χ1v) is 8.11. The number of hydrogen-bond donors (Lipinski definition) is 3. The van der Waals surface area contributed by atoms with Crippen molar-refractivity contribution >= 4 is 11.5 Å². The largest absolute Gasteiger partial charge is 0.382 e. The van der Waals surface area contributed by atoms with Crippen molar-refractivity contribution in [3.05, 3.63) is 17.3 Å². The molecule has 1 heterocycles. The van der Waals surface area contributed by atoms with Crippen LogP contribution in [0.15, 0.2) is 6.20 Å². The number of rotatable bonds is 6. The number of hydrogen-bond acceptors (Lipinski definition) is 5. The molecule has 4 N–H and O–H groups in total. The third kappa shape index (κ3) is 3.66. The van der Waals surface area contributed by atoms with Gasteiger partial charge >= 0.3 is 0 Å². The van der Waals surface area contributed by atoms with Gasteiger partial charge in [-0.1, -0.05) is 19.3 Å². The fourth-order valence-corrected chi connectivity index (χ4v) is 3.15. The average molecular weight is 291 g/mol. The van der Waals surface area contributed by atoms with Crippen molar-refractivity contribution in [2.45, 2.75) is 58.5 Å². The number of nitrogens with two attached hydrogens (primary N) is 1. The van der Waals surface area contributed by atoms with Crippen molar-refractivity contribution in [2.24, 2.45) is 5.73 Å². The summed E-state index contributed by atoms with van der Waals surface area (Å²) in [6.07, 6.45) is 8.43. The molecule has 1 aliphatic carbocycles. The number of aromatic nitrogens is 1. The average Bonchev–Trinajstić information content (AvgIpc) is 2.53. The van der Waals surface area contributed by atoms with Gasteiger partial charge in [-0.25, -0.2) is 10.4 Å². The maximum absolute atomic E-state index is 5.91. The zero-order chi connectivity index (χ0) is 15.2. The fourth-order valence-electron chi connectivity index (χ4n) is 3.15. The summed E-state index contributed by atoms with van der Waals surface area (Å²) in [4.78, 5) is 4.59. The molecule has 0 aliphatic heterocycles. The molecular weight excluding hydrogens is 262 g/mol. The molecular formula is C16H29N5. The quantitative estimate of drug-likeness (QED) is 0.703. The topological polar surface area (TPSA) is 66.2 Å². The summed E-state index contributed by atoms with van der Waals surface area (Å²) < 4.78 is 0. The van der Waals surface area contributed by atoms with E-state index >= 15 is 0 Å². The Balaban J connectivity index is 2.29. The van der Waals surface area contributed by atoms with Crippen LogP contribution in [0.3, 0.4) is 0 Å². The molecule has 2 rings (SSSR count). The first-order chi connectivity index (χ1) is 10.2. The Hall–Kier alpha value is -1.33. The van der Waals surface area contributed by atoms with Gasteiger partial charge in [-0.2, -0.15) is 0 Å². The normalized spacial score (nSPS) is 16.0. The van der Waals surface area contributed by atoms with Gasteiger partial charge in [-0.3, -0.25) is 5.01 Å². The first kappa shape index (κ1) is 16.0. The van der Waals surface area contributed by atoms with E-state index in [-0.39, 0.29) is 0 Å². The van der Waals surface area contributed by atoms with Crippen LogP contribution in [0.1, 0.15) is 50.2 Å². The van der Waals surface area contributed by atoms with Crippen LogP contribution in [-0.4, -0.2) is 24.6 Å². The van der Waals surface area contributed by atoms with Crippen LogP contribution in [-0.2, 0) is 6.54 Å². The van der Waals surface area contributed by atoms with Gasteiger partial charge in [-0.15, -0.1) is 0 Å². The summed E-state index contributed by atoms with van der Waals surface area (Å²) in [5.41, 5.74) is 12.6. The lowest BCUT2D eigenvalue weighted by Gasteiger charge is -2.29. The highest BCUT2D eigenvalue weighted by atomic mass is 15.5. The molecule has 1 aliphatic rings. The second-order valence-electron chi connectivity index (χ2n) is 5.76. The molecule has 1 aromatic heterocycles. The number of pyridine rings is 1. The number of anilines is 2. The minimum atomic E-state index is 0.523. The van der Waals surface area contributed by atoms with Gasteiger partial charge in [-0.05, 0) is 26.7 Å². The summed E-state index contributed by atoms with van der Waals surface area (Å²) in [6, 6.07) is 0.572. The van der Waals surface area contributed by atoms with Crippen molar-refractivity contribution in [3.8, 4) is 0 Å². The SMILES string of the molecule is CCN(NC)c1ncc(CN)c(NC2CCCCC2)c1C. The third-order valence-electron chi connectivity index (χ3n) is 4.39. The molecule has 1 fully saturated rings. The smallest absolute Gasteiger partial charge is 0.147 e. The van der Waals surface area contributed by atoms with Crippen molar-refractivity contribution in [1.29, 1.82) is 0 Å². The van der Waals surface area contributed by atoms with E-state index in [1.165, 1.54) is 43.4 Å². The zero-order valence-corrected chi connectivity index (χ0v) is 13.6. The molecule has 0 radical (unpaired) electrons. The standard InChI is InChI=1S/C16H29N5/c1-4-21(18-3)16-12(2)15(13(10-17)11-19-16)20-14-8-6-5-7-9-14/h11,14,18H,4-10,17H2,1-3H3,(H,19,20). The Labute approximate surface area is 128 Å². The highest BCUT2D eigenvalue weighted by molar-refractivity contribution is 5.66. The summed E-state index contributed by atoms with van der Waals surface area (Å²) in [5, 5.41) is 5.79. The molecule has 5 nitrogen and oxygen atoms in total. The minimum absolute atomic E-state index is 0.523. The molecule has 0 aromatic carbocycles. The summed E-state index contributed by atoms with van der Waals surface area (Å²) in [7, 11) is 1.93. The minimum Gasteiger partial charge on any atom is -0.382 e. The molecule has 0 amide bonds. The second kappa shape index (κ2) is 7.61. The molecule has 0 saturated heterocycles. The van der Waals surface area contributed by atoms with Crippen molar-refractivity contribution in [1.82, 2.24) is 10.4 Å². The Bertz CT molecular complexity index is 450. The lowest BCUT2D eigenvalue weighted by atomic mass is 9.94. The van der Waals surface area contributed by atoms with E-state index in [1.807, 2.05) is 13.2 Å². The number of nitrogens with zero attached hydrogens (tertiary/aromatic N) is 2. The van der Waals surface area contributed by atoms with Crippen LogP contribution in [0, 0.1) is 6.92 Å². The van der Waals surface area contributed by atoms with Crippen LogP contribution in [0.2, 0.25) is 0 Å². The van der Waals surface area contributed by atoms with Crippen molar-refractivity contribution < 1.29 is 0 Å². The predicted octanol–water partition coefficient (Wildman–Crippen LogP) is 2.55. The Morgan fingerprint density at radius 3 is 2.62 bits per heavy atom. The highest BCUT2D eigenvalue weighted by Gasteiger charge is 2.19. The van der Waals surface area contributed by atoms with Gasteiger partial charge in [0.2, 0.25) is 0 Å². The third-order valence-corrected chi connectivity index (χ3v) is 4.39. The van der Waals surface area contributed by atoms with Gasteiger partial charge in [0.15, 0.2) is 0 Å². The lowest BCUT2D eigenvalue weighted by Crippen LogP contribution is -2.36. The molecule has 1 saturated carbocycles. The predicted molar refractivity (Wildman–Crippen MR) is 89.4 cm³/mol. The summed E-state index contributed by atoms with van der Waals surface area (Å²) >= 11 is 0. The molecule has 0 spiro atoms. The summed E-state index contributed by atoms with van der Waals surface area (Å²) in [6.45, 7) is 5.64. The Kier molecular flexibility index (Phi) is 5.82. The molecule has 0 bridgehead atoms. The molecule has 5 heteroatoms. The molecule has 118 valence electrons. The van der Waals surface area contributed by atoms with Gasteiger partial charge in [0, 0.05) is 49.2 Å². The number of nitrogens with one attached hydrogen (secondary N) is 2. The van der Waals surface area contributed by atoms with E-state index in [0.717, 1.165) is 17.9 Å². The van der Waals surface area contributed by atoms with Crippen molar-refractivity contribution in [3.63, 3.8) is 0 Å². The van der Waals surface area contributed by atoms with Crippen molar-refractivity contribution in [2.75, 3.05) is 23.9 Å². The molecule has 1 aromatic rings. The van der Waals surface area contributed by atoms with E-state index in [4.69, 9.17) is 5.73 Å². The van der Waals surface area contributed by atoms with E-state index in [9.17, 15) is 0 Å². The second-order valence-corrected chi connectivity index (χ2v) is 5.76. The highest BCUT2D eigenvalue weighted by Crippen LogP contribution is 2.30. The van der Waals surface area contributed by atoms with Gasteiger partial charge in [0.25, 0.3) is 0 Å². The van der Waals surface area contributed by atoms with E-state index in [2.05, 4.69) is 34.6 Å². The monoisotopic (exact) mass is 291 g/mol. The van der Waals surface area contributed by atoms with E-state index < -0.39 is 0 Å². The Morgan fingerprint density at radius 2 is 2.05 bits per heavy atom. The van der Waals surface area contributed by atoms with Crippen LogP contribution in [0.4, 0.5) is 11.5 Å². The van der Waals surface area contributed by atoms with Gasteiger partial charge in [0.1, 0.15) is 5.82 Å². The maximum atomic E-state index is 5.91. The van der Waals surface area contributed by atoms with E-state index in [0.29, 0.717) is 12.6 Å². The van der Waals surface area contributed by atoms with Crippen LogP contribution >= 0.6 is 0 Å². The molecule has 0 atom stereocenters. The van der Waals surface area contributed by atoms with Crippen LogP contribution in [0.5, 0.6) is 0 Å². The van der Waals surface area contributed by atoms with Crippen LogP contribution < -0.4 is 21.5 Å².